The van der Waals surface area contributed by atoms with Gasteiger partial charge in [0, 0.05) is 47.0 Å². The van der Waals surface area contributed by atoms with Gasteiger partial charge < -0.3 is 24.3 Å². The molecule has 3 heterocycles. The van der Waals surface area contributed by atoms with Crippen LogP contribution in [0.1, 0.15) is 12.8 Å². The highest BCUT2D eigenvalue weighted by atomic mass is 35.5. The Morgan fingerprint density at radius 2 is 2.00 bits per heavy atom. The van der Waals surface area contributed by atoms with Crippen molar-refractivity contribution in [3.63, 3.8) is 0 Å². The first-order chi connectivity index (χ1) is 21.3. The molecule has 0 saturated carbocycles. The Balaban J connectivity index is 1.47. The molecule has 2 aliphatic heterocycles. The number of fused-ring (bicyclic) bond motifs is 2. The van der Waals surface area contributed by atoms with Crippen molar-refractivity contribution in [3.8, 4) is 17.1 Å². The molecule has 6 rings (SSSR count). The van der Waals surface area contributed by atoms with E-state index >= 15 is 0 Å². The minimum absolute atomic E-state index is 0.0279. The second-order valence-corrected chi connectivity index (χ2v) is 12.0. The Morgan fingerprint density at radius 1 is 1.16 bits per heavy atom. The first-order valence-electron chi connectivity index (χ1n) is 14.5. The van der Waals surface area contributed by atoms with Gasteiger partial charge >= 0.3 is 6.01 Å². The SMILES string of the molecule is [C-]#[N+]C[C@H]1CN(c2nc(OC[C@@H]3CCCN3C)nc3cc(-c4cccc5ccc(F)c(Cl)c45)c(Cl)cc23)CCN1C(=O)C=C. The van der Waals surface area contributed by atoms with Gasteiger partial charge in [0.2, 0.25) is 12.5 Å². The molecule has 0 bridgehead atoms. The third-order valence-corrected chi connectivity index (χ3v) is 9.27. The summed E-state index contributed by atoms with van der Waals surface area (Å²) in [4.78, 5) is 31.8. The van der Waals surface area contributed by atoms with E-state index in [4.69, 9.17) is 44.5 Å². The molecule has 4 aromatic rings. The molecular weight excluding hydrogens is 602 g/mol. The van der Waals surface area contributed by atoms with Crippen LogP contribution in [-0.4, -0.2) is 84.1 Å². The lowest BCUT2D eigenvalue weighted by atomic mass is 9.97. The molecule has 11 heteroatoms. The lowest BCUT2D eigenvalue weighted by molar-refractivity contribution is -0.128. The van der Waals surface area contributed by atoms with E-state index in [1.54, 1.807) is 11.0 Å². The molecule has 2 saturated heterocycles. The van der Waals surface area contributed by atoms with Gasteiger partial charge in [0.05, 0.1) is 10.5 Å². The molecule has 44 heavy (non-hydrogen) atoms. The van der Waals surface area contributed by atoms with Gasteiger partial charge in [0.25, 0.3) is 0 Å². The van der Waals surface area contributed by atoms with Crippen molar-refractivity contribution in [2.24, 2.45) is 0 Å². The molecule has 2 atom stereocenters. The molecule has 2 fully saturated rings. The monoisotopic (exact) mass is 632 g/mol. The highest BCUT2D eigenvalue weighted by Crippen LogP contribution is 2.41. The van der Waals surface area contributed by atoms with Crippen LogP contribution in [0, 0.1) is 12.4 Å². The molecule has 0 radical (unpaired) electrons. The molecule has 0 aliphatic carbocycles. The fraction of sp³-hybridized carbons (Fsp3) is 0.333. The number of carbonyl (C=O) groups excluding carboxylic acids is 1. The van der Waals surface area contributed by atoms with Crippen molar-refractivity contribution in [1.29, 1.82) is 0 Å². The van der Waals surface area contributed by atoms with Crippen molar-refractivity contribution in [2.75, 3.05) is 51.3 Å². The number of hydrogen-bond acceptors (Lipinski definition) is 6. The van der Waals surface area contributed by atoms with Crippen LogP contribution in [0.15, 0.2) is 55.1 Å². The molecule has 0 N–H and O–H groups in total. The summed E-state index contributed by atoms with van der Waals surface area (Å²) in [6, 6.07) is 12.5. The largest absolute Gasteiger partial charge is 0.462 e. The maximum absolute atomic E-state index is 14.6. The van der Waals surface area contributed by atoms with E-state index in [2.05, 4.69) is 28.3 Å². The second kappa shape index (κ2) is 12.6. The number of likely N-dealkylation sites (tertiary alicyclic amines) is 1. The standard InChI is InChI=1S/C33H31Cl2FN6O2/c1-4-29(43)42-14-13-41(18-22(42)17-37-2)32-25-15-26(34)24(23-9-5-7-20-10-11-27(36)31(35)30(20)23)16-28(25)38-33(39-32)44-19-21-8-6-12-40(21)3/h4-5,7,9-11,15-16,21-22H,1,6,8,12-14,17-19H2,3H3/t21-,22-/m0/s1. The minimum atomic E-state index is -0.510. The van der Waals surface area contributed by atoms with Gasteiger partial charge in [0.15, 0.2) is 0 Å². The van der Waals surface area contributed by atoms with Gasteiger partial charge in [-0.2, -0.15) is 9.97 Å². The van der Waals surface area contributed by atoms with Gasteiger partial charge in [-0.1, -0.05) is 54.0 Å². The van der Waals surface area contributed by atoms with E-state index in [1.165, 1.54) is 12.1 Å². The number of aromatic nitrogens is 2. The summed E-state index contributed by atoms with van der Waals surface area (Å²) in [5.74, 6) is -0.0990. The van der Waals surface area contributed by atoms with Crippen molar-refractivity contribution in [1.82, 2.24) is 19.8 Å². The second-order valence-electron chi connectivity index (χ2n) is 11.2. The van der Waals surface area contributed by atoms with Crippen molar-refractivity contribution < 1.29 is 13.9 Å². The van der Waals surface area contributed by atoms with E-state index < -0.39 is 5.82 Å². The number of halogens is 3. The molecule has 226 valence electrons. The number of anilines is 1. The molecule has 1 aromatic heterocycles. The molecule has 2 aliphatic rings. The summed E-state index contributed by atoms with van der Waals surface area (Å²) < 4.78 is 20.8. The first kappa shape index (κ1) is 30.1. The number of ether oxygens (including phenoxy) is 1. The van der Waals surface area contributed by atoms with Crippen molar-refractivity contribution in [3.05, 3.63) is 82.4 Å². The Hall–Kier alpha value is -3.97. The van der Waals surface area contributed by atoms with Crippen LogP contribution >= 0.6 is 23.2 Å². The zero-order valence-corrected chi connectivity index (χ0v) is 25.8. The van der Waals surface area contributed by atoms with Gasteiger partial charge in [-0.05, 0) is 61.7 Å². The van der Waals surface area contributed by atoms with Gasteiger partial charge in [-0.25, -0.2) is 11.0 Å². The number of rotatable bonds is 7. The van der Waals surface area contributed by atoms with Crippen LogP contribution in [0.2, 0.25) is 10.0 Å². The molecule has 1 amide bonds. The van der Waals surface area contributed by atoms with E-state index in [-0.39, 0.29) is 35.6 Å². The maximum Gasteiger partial charge on any atom is 0.319 e. The van der Waals surface area contributed by atoms with Crippen LogP contribution in [0.5, 0.6) is 6.01 Å². The fourth-order valence-electron chi connectivity index (χ4n) is 6.24. The third kappa shape index (κ3) is 5.65. The predicted molar refractivity (Wildman–Crippen MR) is 173 cm³/mol. The number of nitrogens with zero attached hydrogens (tertiary/aromatic N) is 6. The van der Waals surface area contributed by atoms with Gasteiger partial charge in [-0.3, -0.25) is 4.79 Å². The van der Waals surface area contributed by atoms with E-state index in [1.807, 2.05) is 30.3 Å². The fourth-order valence-corrected chi connectivity index (χ4v) is 6.77. The van der Waals surface area contributed by atoms with Crippen molar-refractivity contribution >= 4 is 56.6 Å². The van der Waals surface area contributed by atoms with E-state index in [9.17, 15) is 9.18 Å². The number of likely N-dealkylation sites (N-methyl/N-ethyl adjacent to an activating group) is 1. The van der Waals surface area contributed by atoms with Gasteiger partial charge in [0.1, 0.15) is 24.3 Å². The quantitative estimate of drug-likeness (QED) is 0.171. The average molecular weight is 634 g/mol. The Kier molecular flexibility index (Phi) is 8.59. The minimum Gasteiger partial charge on any atom is -0.462 e. The lowest BCUT2D eigenvalue weighted by Crippen LogP contribution is -2.56. The zero-order valence-electron chi connectivity index (χ0n) is 24.3. The van der Waals surface area contributed by atoms with Crippen LogP contribution < -0.4 is 9.64 Å². The molecule has 8 nitrogen and oxygen atoms in total. The number of hydrogen-bond donors (Lipinski definition) is 0. The number of carbonyl (C=O) groups is 1. The topological polar surface area (TPSA) is 66.2 Å². The van der Waals surface area contributed by atoms with Crippen LogP contribution in [0.25, 0.3) is 37.6 Å². The third-order valence-electron chi connectivity index (χ3n) is 8.59. The summed E-state index contributed by atoms with van der Waals surface area (Å²) >= 11 is 13.4. The predicted octanol–water partition coefficient (Wildman–Crippen LogP) is 6.49. The van der Waals surface area contributed by atoms with E-state index in [0.717, 1.165) is 24.8 Å². The van der Waals surface area contributed by atoms with Crippen LogP contribution in [0.4, 0.5) is 10.2 Å². The zero-order chi connectivity index (χ0) is 31.0. The molecule has 0 spiro atoms. The van der Waals surface area contributed by atoms with Gasteiger partial charge in [-0.15, -0.1) is 0 Å². The lowest BCUT2D eigenvalue weighted by Gasteiger charge is -2.39. The molecule has 3 aromatic carbocycles. The smallest absolute Gasteiger partial charge is 0.319 e. The van der Waals surface area contributed by atoms with Crippen molar-refractivity contribution in [2.45, 2.75) is 24.9 Å². The molecule has 0 unspecified atom stereocenters. The number of benzene rings is 3. The molecular formula is C33H31Cl2FN6O2. The Labute approximate surface area is 265 Å². The summed E-state index contributed by atoms with van der Waals surface area (Å²) in [6.45, 7) is 14.0. The maximum atomic E-state index is 14.6. The highest BCUT2D eigenvalue weighted by Gasteiger charge is 2.33. The first-order valence-corrected chi connectivity index (χ1v) is 15.3. The summed E-state index contributed by atoms with van der Waals surface area (Å²) in [5.41, 5.74) is 1.93. The van der Waals surface area contributed by atoms with Crippen LogP contribution in [-0.2, 0) is 4.79 Å². The highest BCUT2D eigenvalue weighted by molar-refractivity contribution is 6.38. The Morgan fingerprint density at radius 3 is 2.75 bits per heavy atom. The van der Waals surface area contributed by atoms with E-state index in [0.29, 0.717) is 64.5 Å². The Bertz CT molecular complexity index is 1810. The van der Waals surface area contributed by atoms with Crippen LogP contribution in [0.3, 0.4) is 0 Å². The normalized spacial score (nSPS) is 19.0. The summed E-state index contributed by atoms with van der Waals surface area (Å²) in [5, 5.41) is 2.51. The number of amides is 1. The number of piperazine rings is 1. The summed E-state index contributed by atoms with van der Waals surface area (Å²) in [6.07, 6.45) is 3.43. The average Bonchev–Trinajstić information content (AvgIpc) is 3.45. The summed E-state index contributed by atoms with van der Waals surface area (Å²) in [7, 11) is 2.08.